The van der Waals surface area contributed by atoms with E-state index < -0.39 is 0 Å². The second kappa shape index (κ2) is 5.05. The fourth-order valence-electron chi connectivity index (χ4n) is 6.86. The van der Waals surface area contributed by atoms with Crippen molar-refractivity contribution in [3.05, 3.63) is 23.3 Å². The Balaban J connectivity index is 1.71. The van der Waals surface area contributed by atoms with E-state index in [0.717, 1.165) is 25.7 Å². The minimum atomic E-state index is -0.236. The van der Waals surface area contributed by atoms with Crippen LogP contribution >= 0.6 is 0 Å². The first-order valence-corrected chi connectivity index (χ1v) is 9.46. The molecular formula is C21H30O2. The van der Waals surface area contributed by atoms with Gasteiger partial charge in [-0.3, -0.25) is 4.79 Å². The Labute approximate surface area is 140 Å². The minimum Gasteiger partial charge on any atom is -0.389 e. The summed E-state index contributed by atoms with van der Waals surface area (Å²) in [4.78, 5) is 11.9. The van der Waals surface area contributed by atoms with Crippen LogP contribution < -0.4 is 0 Å². The number of allylic oxidation sites excluding steroid dienone is 3. The van der Waals surface area contributed by atoms with Gasteiger partial charge in [0.05, 0.1) is 6.10 Å². The maximum atomic E-state index is 11.9. The van der Waals surface area contributed by atoms with E-state index in [-0.39, 0.29) is 16.9 Å². The molecule has 0 saturated heterocycles. The van der Waals surface area contributed by atoms with Gasteiger partial charge in [0.15, 0.2) is 0 Å². The van der Waals surface area contributed by atoms with E-state index in [2.05, 4.69) is 32.9 Å². The third-order valence-electron chi connectivity index (χ3n) is 8.13. The highest BCUT2D eigenvalue weighted by molar-refractivity contribution is 5.82. The molecule has 3 fully saturated rings. The van der Waals surface area contributed by atoms with Crippen LogP contribution in [0.5, 0.6) is 0 Å². The third kappa shape index (κ3) is 2.00. The number of aliphatic hydroxyl groups excluding tert-OH is 1. The Morgan fingerprint density at radius 2 is 2.00 bits per heavy atom. The summed E-state index contributed by atoms with van der Waals surface area (Å²) in [6, 6.07) is 0. The standard InChI is InChI=1S/C21H30O2/c1-4-16-19(23)12-18-15-6-5-13-11-14(22)7-9-20(13,2)17(15)8-10-21(16,18)3/h4-5,15,17-19,23H,6-12H2,1-3H3/t15?,17?,18?,19-,20+,21-/m1/s1. The molecule has 0 bridgehead atoms. The largest absolute Gasteiger partial charge is 0.389 e. The van der Waals surface area contributed by atoms with Crippen molar-refractivity contribution in [3.63, 3.8) is 0 Å². The zero-order valence-electron chi connectivity index (χ0n) is 14.8. The van der Waals surface area contributed by atoms with Crippen LogP contribution in [-0.4, -0.2) is 17.0 Å². The monoisotopic (exact) mass is 314 g/mol. The van der Waals surface area contributed by atoms with Crippen molar-refractivity contribution >= 4 is 5.78 Å². The number of aliphatic hydroxyl groups is 1. The lowest BCUT2D eigenvalue weighted by molar-refractivity contribution is -0.122. The minimum absolute atomic E-state index is 0.196. The molecule has 126 valence electrons. The molecule has 23 heavy (non-hydrogen) atoms. The molecule has 0 aromatic carbocycles. The van der Waals surface area contributed by atoms with Crippen LogP contribution in [0.25, 0.3) is 0 Å². The first-order chi connectivity index (χ1) is 10.9. The number of Topliss-reactive ketones (excluding diaryl/α,β-unsaturated/α-hetero) is 1. The number of carbonyl (C=O) groups excluding carboxylic acids is 1. The summed E-state index contributed by atoms with van der Waals surface area (Å²) in [7, 11) is 0. The average Bonchev–Trinajstić information content (AvgIpc) is 2.77. The molecule has 4 aliphatic rings. The first kappa shape index (κ1) is 15.6. The summed E-state index contributed by atoms with van der Waals surface area (Å²) >= 11 is 0. The highest BCUT2D eigenvalue weighted by atomic mass is 16.3. The molecule has 2 heteroatoms. The highest BCUT2D eigenvalue weighted by Gasteiger charge is 2.58. The lowest BCUT2D eigenvalue weighted by Gasteiger charge is -2.56. The van der Waals surface area contributed by atoms with Crippen molar-refractivity contribution in [2.75, 3.05) is 0 Å². The van der Waals surface area contributed by atoms with Crippen LogP contribution in [0.4, 0.5) is 0 Å². The van der Waals surface area contributed by atoms with E-state index in [1.807, 2.05) is 0 Å². The molecule has 0 spiro atoms. The summed E-state index contributed by atoms with van der Waals surface area (Å²) < 4.78 is 0. The molecular weight excluding hydrogens is 284 g/mol. The molecule has 0 aliphatic heterocycles. The van der Waals surface area contributed by atoms with Crippen molar-refractivity contribution in [3.8, 4) is 0 Å². The number of hydrogen-bond donors (Lipinski definition) is 1. The van der Waals surface area contributed by atoms with Crippen LogP contribution in [0.3, 0.4) is 0 Å². The molecule has 3 saturated carbocycles. The van der Waals surface area contributed by atoms with E-state index in [0.29, 0.717) is 30.0 Å². The quantitative estimate of drug-likeness (QED) is 0.671. The number of hydrogen-bond acceptors (Lipinski definition) is 2. The summed E-state index contributed by atoms with van der Waals surface area (Å²) in [5.74, 6) is 2.43. The summed E-state index contributed by atoms with van der Waals surface area (Å²) in [5, 5.41) is 10.6. The second-order valence-electron chi connectivity index (χ2n) is 8.93. The van der Waals surface area contributed by atoms with E-state index in [9.17, 15) is 9.90 Å². The molecule has 2 nitrogen and oxygen atoms in total. The van der Waals surface area contributed by atoms with Gasteiger partial charge in [-0.1, -0.05) is 31.6 Å². The van der Waals surface area contributed by atoms with Gasteiger partial charge < -0.3 is 5.11 Å². The van der Waals surface area contributed by atoms with Crippen LogP contribution in [-0.2, 0) is 4.79 Å². The van der Waals surface area contributed by atoms with Gasteiger partial charge in [0.2, 0.25) is 0 Å². The Morgan fingerprint density at radius 1 is 1.22 bits per heavy atom. The predicted octanol–water partition coefficient (Wildman–Crippen LogP) is 4.44. The van der Waals surface area contributed by atoms with Crippen molar-refractivity contribution in [2.45, 2.75) is 71.8 Å². The van der Waals surface area contributed by atoms with Crippen LogP contribution in [0.2, 0.25) is 0 Å². The SMILES string of the molecule is CC=C1[C@H](O)CC2C3CC=C4CC(=O)CC[C@]4(C)C3CC[C@]12C. The molecule has 0 aromatic heterocycles. The third-order valence-corrected chi connectivity index (χ3v) is 8.13. The molecule has 0 amide bonds. The summed E-state index contributed by atoms with van der Waals surface area (Å²) in [6.45, 7) is 6.91. The topological polar surface area (TPSA) is 37.3 Å². The van der Waals surface area contributed by atoms with Crippen LogP contribution in [0.15, 0.2) is 23.3 Å². The lowest BCUT2D eigenvalue weighted by Crippen LogP contribution is -2.49. The van der Waals surface area contributed by atoms with E-state index in [1.54, 1.807) is 0 Å². The maximum Gasteiger partial charge on any atom is 0.136 e. The van der Waals surface area contributed by atoms with Gasteiger partial charge in [0, 0.05) is 12.8 Å². The van der Waals surface area contributed by atoms with Crippen LogP contribution in [0.1, 0.15) is 65.7 Å². The first-order valence-electron chi connectivity index (χ1n) is 9.46. The van der Waals surface area contributed by atoms with Crippen LogP contribution in [0, 0.1) is 28.6 Å². The van der Waals surface area contributed by atoms with Gasteiger partial charge in [0.25, 0.3) is 0 Å². The van der Waals surface area contributed by atoms with Gasteiger partial charge in [-0.15, -0.1) is 0 Å². The lowest BCUT2D eigenvalue weighted by atomic mass is 9.48. The molecule has 6 atom stereocenters. The van der Waals surface area contributed by atoms with Gasteiger partial charge >= 0.3 is 0 Å². The zero-order chi connectivity index (χ0) is 16.4. The smallest absolute Gasteiger partial charge is 0.136 e. The van der Waals surface area contributed by atoms with Crippen molar-refractivity contribution in [1.82, 2.24) is 0 Å². The van der Waals surface area contributed by atoms with Crippen molar-refractivity contribution in [2.24, 2.45) is 28.6 Å². The highest BCUT2D eigenvalue weighted by Crippen LogP contribution is 2.65. The van der Waals surface area contributed by atoms with Gasteiger partial charge in [-0.25, -0.2) is 0 Å². The fraction of sp³-hybridized carbons (Fsp3) is 0.762. The Kier molecular flexibility index (Phi) is 3.43. The van der Waals surface area contributed by atoms with Crippen molar-refractivity contribution < 1.29 is 9.90 Å². The fourth-order valence-corrected chi connectivity index (χ4v) is 6.86. The van der Waals surface area contributed by atoms with Gasteiger partial charge in [-0.2, -0.15) is 0 Å². The predicted molar refractivity (Wildman–Crippen MR) is 91.9 cm³/mol. The van der Waals surface area contributed by atoms with Gasteiger partial charge in [-0.05, 0) is 73.2 Å². The normalized spacial score (nSPS) is 51.0. The number of fused-ring (bicyclic) bond motifs is 5. The second-order valence-corrected chi connectivity index (χ2v) is 8.93. The average molecular weight is 314 g/mol. The van der Waals surface area contributed by atoms with E-state index >= 15 is 0 Å². The summed E-state index contributed by atoms with van der Waals surface area (Å²) in [6.07, 6.45) is 11.4. The molecule has 3 unspecified atom stereocenters. The molecule has 0 radical (unpaired) electrons. The molecule has 0 aromatic rings. The molecule has 4 aliphatic carbocycles. The van der Waals surface area contributed by atoms with E-state index in [1.165, 1.54) is 24.0 Å². The number of ketones is 1. The van der Waals surface area contributed by atoms with E-state index in [4.69, 9.17) is 0 Å². The Hall–Kier alpha value is -0.890. The molecule has 0 heterocycles. The zero-order valence-corrected chi connectivity index (χ0v) is 14.8. The van der Waals surface area contributed by atoms with Gasteiger partial charge in [0.1, 0.15) is 5.78 Å². The molecule has 1 N–H and O–H groups in total. The molecule has 4 rings (SSSR count). The summed E-state index contributed by atoms with van der Waals surface area (Å²) in [5.41, 5.74) is 3.16. The number of carbonyl (C=O) groups is 1. The van der Waals surface area contributed by atoms with Crippen molar-refractivity contribution in [1.29, 1.82) is 0 Å². The Morgan fingerprint density at radius 3 is 2.74 bits per heavy atom. The number of rotatable bonds is 0. The maximum absolute atomic E-state index is 11.9. The Bertz CT molecular complexity index is 601.